The van der Waals surface area contributed by atoms with Crippen molar-refractivity contribution in [1.82, 2.24) is 0 Å². The Bertz CT molecular complexity index is 469. The number of hydrogen-bond donors (Lipinski definition) is 1. The van der Waals surface area contributed by atoms with Gasteiger partial charge in [0.15, 0.2) is 0 Å². The van der Waals surface area contributed by atoms with Crippen LogP contribution in [0.4, 0.5) is 0 Å². The molecule has 0 aliphatic carbocycles. The van der Waals surface area contributed by atoms with Crippen LogP contribution in [0.3, 0.4) is 0 Å². The normalized spacial score (nSPS) is 10.9. The van der Waals surface area contributed by atoms with Crippen molar-refractivity contribution in [3.05, 3.63) is 77.4 Å². The first-order chi connectivity index (χ1) is 8.38. The largest absolute Gasteiger partial charge is 0.392 e. The van der Waals surface area contributed by atoms with Gasteiger partial charge >= 0.3 is 0 Å². The fourth-order valence-electron chi connectivity index (χ4n) is 1.77. The van der Waals surface area contributed by atoms with Crippen LogP contribution in [0, 0.1) is 0 Å². The van der Waals surface area contributed by atoms with E-state index in [9.17, 15) is 0 Å². The van der Waals surface area contributed by atoms with Crippen molar-refractivity contribution in [2.75, 3.05) is 6.61 Å². The maximum Gasteiger partial charge on any atom is 0.0615 e. The lowest BCUT2D eigenvalue weighted by Crippen LogP contribution is -1.87. The van der Waals surface area contributed by atoms with E-state index in [1.165, 1.54) is 11.1 Å². The Morgan fingerprint density at radius 3 is 2.12 bits per heavy atom. The van der Waals surface area contributed by atoms with E-state index in [1.54, 1.807) is 6.08 Å². The molecular weight excluding hydrogens is 208 g/mol. The average molecular weight is 224 g/mol. The van der Waals surface area contributed by atoms with Crippen molar-refractivity contribution in [3.63, 3.8) is 0 Å². The third-order valence-corrected chi connectivity index (χ3v) is 2.65. The van der Waals surface area contributed by atoms with Crippen LogP contribution >= 0.6 is 0 Å². The molecule has 0 radical (unpaired) electrons. The zero-order chi connectivity index (χ0) is 11.9. The first-order valence-corrected chi connectivity index (χ1v) is 5.79. The number of benzene rings is 2. The highest BCUT2D eigenvalue weighted by Gasteiger charge is 1.95. The minimum Gasteiger partial charge on any atom is -0.392 e. The van der Waals surface area contributed by atoms with E-state index in [2.05, 4.69) is 48.5 Å². The number of aliphatic hydroxyl groups excluding tert-OH is 1. The maximum atomic E-state index is 8.69. The van der Waals surface area contributed by atoms with Gasteiger partial charge in [-0.15, -0.1) is 0 Å². The van der Waals surface area contributed by atoms with Gasteiger partial charge in [0.25, 0.3) is 0 Å². The van der Waals surface area contributed by atoms with Crippen LogP contribution in [0.2, 0.25) is 0 Å². The highest BCUT2D eigenvalue weighted by Crippen LogP contribution is 2.11. The van der Waals surface area contributed by atoms with Gasteiger partial charge in [0.05, 0.1) is 6.61 Å². The summed E-state index contributed by atoms with van der Waals surface area (Å²) in [7, 11) is 0. The highest BCUT2D eigenvalue weighted by atomic mass is 16.2. The smallest absolute Gasteiger partial charge is 0.0615 e. The highest BCUT2D eigenvalue weighted by molar-refractivity contribution is 5.49. The minimum absolute atomic E-state index is 0.0891. The van der Waals surface area contributed by atoms with Crippen LogP contribution in [-0.4, -0.2) is 11.7 Å². The molecule has 0 bridgehead atoms. The molecular formula is C16H16O. The molecule has 0 amide bonds. The van der Waals surface area contributed by atoms with Crippen molar-refractivity contribution < 1.29 is 5.11 Å². The lowest BCUT2D eigenvalue weighted by molar-refractivity contribution is 0.343. The van der Waals surface area contributed by atoms with Crippen LogP contribution in [-0.2, 0) is 6.42 Å². The Kier molecular flexibility index (Phi) is 4.11. The zero-order valence-corrected chi connectivity index (χ0v) is 9.71. The summed E-state index contributed by atoms with van der Waals surface area (Å²) in [6.07, 6.45) is 4.63. The monoisotopic (exact) mass is 224 g/mol. The van der Waals surface area contributed by atoms with E-state index in [1.807, 2.05) is 12.1 Å². The molecule has 0 heterocycles. The summed E-state index contributed by atoms with van der Waals surface area (Å²) in [5, 5.41) is 8.69. The molecule has 1 heteroatoms. The van der Waals surface area contributed by atoms with Gasteiger partial charge in [0.2, 0.25) is 0 Å². The number of aliphatic hydroxyl groups is 1. The zero-order valence-electron chi connectivity index (χ0n) is 9.71. The Labute approximate surface area is 102 Å². The summed E-state index contributed by atoms with van der Waals surface area (Å²) in [6, 6.07) is 18.8. The Hall–Kier alpha value is -1.86. The second kappa shape index (κ2) is 6.02. The Balaban J connectivity index is 2.06. The van der Waals surface area contributed by atoms with E-state index in [0.717, 1.165) is 12.0 Å². The second-order valence-corrected chi connectivity index (χ2v) is 3.99. The molecule has 2 rings (SSSR count). The summed E-state index contributed by atoms with van der Waals surface area (Å²) in [6.45, 7) is 0.0891. The SMILES string of the molecule is OCC=Cc1ccc(Cc2ccccc2)cc1. The fraction of sp³-hybridized carbons (Fsp3) is 0.125. The summed E-state index contributed by atoms with van der Waals surface area (Å²) in [4.78, 5) is 0. The average Bonchev–Trinajstić information content (AvgIpc) is 2.39. The molecule has 2 aromatic carbocycles. The number of hydrogen-bond acceptors (Lipinski definition) is 1. The van der Waals surface area contributed by atoms with Gasteiger partial charge in [-0.2, -0.15) is 0 Å². The van der Waals surface area contributed by atoms with Crippen molar-refractivity contribution in [1.29, 1.82) is 0 Å². The summed E-state index contributed by atoms with van der Waals surface area (Å²) >= 11 is 0. The minimum atomic E-state index is 0.0891. The van der Waals surface area contributed by atoms with Gasteiger partial charge in [-0.05, 0) is 23.1 Å². The van der Waals surface area contributed by atoms with Gasteiger partial charge in [-0.25, -0.2) is 0 Å². The lowest BCUT2D eigenvalue weighted by atomic mass is 10.0. The number of rotatable bonds is 4. The molecule has 1 nitrogen and oxygen atoms in total. The van der Waals surface area contributed by atoms with E-state index >= 15 is 0 Å². The standard InChI is InChI=1S/C16H16O/c17-12-4-7-14-8-10-16(11-9-14)13-15-5-2-1-3-6-15/h1-11,17H,12-13H2. The van der Waals surface area contributed by atoms with Crippen molar-refractivity contribution in [3.8, 4) is 0 Å². The van der Waals surface area contributed by atoms with Crippen LogP contribution < -0.4 is 0 Å². The van der Waals surface area contributed by atoms with Crippen LogP contribution in [0.25, 0.3) is 6.08 Å². The molecule has 1 N–H and O–H groups in total. The van der Waals surface area contributed by atoms with Crippen LogP contribution in [0.5, 0.6) is 0 Å². The molecule has 86 valence electrons. The van der Waals surface area contributed by atoms with Crippen molar-refractivity contribution >= 4 is 6.08 Å². The fourth-order valence-corrected chi connectivity index (χ4v) is 1.77. The summed E-state index contributed by atoms with van der Waals surface area (Å²) in [5.74, 6) is 0. The van der Waals surface area contributed by atoms with Gasteiger partial charge in [-0.3, -0.25) is 0 Å². The third-order valence-electron chi connectivity index (χ3n) is 2.65. The molecule has 0 aliphatic rings. The van der Waals surface area contributed by atoms with Crippen molar-refractivity contribution in [2.24, 2.45) is 0 Å². The lowest BCUT2D eigenvalue weighted by Gasteiger charge is -2.02. The topological polar surface area (TPSA) is 20.2 Å². The van der Waals surface area contributed by atoms with Gasteiger partial charge in [0, 0.05) is 0 Å². The molecule has 17 heavy (non-hydrogen) atoms. The Morgan fingerprint density at radius 1 is 0.824 bits per heavy atom. The molecule has 0 unspecified atom stereocenters. The van der Waals surface area contributed by atoms with E-state index in [-0.39, 0.29) is 6.61 Å². The molecule has 0 saturated heterocycles. The van der Waals surface area contributed by atoms with Gasteiger partial charge in [-0.1, -0.05) is 66.7 Å². The van der Waals surface area contributed by atoms with E-state index in [4.69, 9.17) is 5.11 Å². The molecule has 0 aromatic heterocycles. The van der Waals surface area contributed by atoms with E-state index in [0.29, 0.717) is 0 Å². The van der Waals surface area contributed by atoms with Gasteiger partial charge in [0.1, 0.15) is 0 Å². The van der Waals surface area contributed by atoms with Gasteiger partial charge < -0.3 is 5.11 Å². The maximum absolute atomic E-state index is 8.69. The summed E-state index contributed by atoms with van der Waals surface area (Å²) in [5.41, 5.74) is 3.75. The van der Waals surface area contributed by atoms with Crippen LogP contribution in [0.1, 0.15) is 16.7 Å². The molecule has 0 saturated carbocycles. The second-order valence-electron chi connectivity index (χ2n) is 3.99. The van der Waals surface area contributed by atoms with Crippen molar-refractivity contribution in [2.45, 2.75) is 6.42 Å². The first kappa shape index (κ1) is 11.6. The quantitative estimate of drug-likeness (QED) is 0.845. The van der Waals surface area contributed by atoms with E-state index < -0.39 is 0 Å². The Morgan fingerprint density at radius 2 is 1.47 bits per heavy atom. The molecule has 0 spiro atoms. The molecule has 0 atom stereocenters. The summed E-state index contributed by atoms with van der Waals surface area (Å²) < 4.78 is 0. The first-order valence-electron chi connectivity index (χ1n) is 5.79. The predicted molar refractivity (Wildman–Crippen MR) is 71.8 cm³/mol. The molecule has 2 aromatic rings. The predicted octanol–water partition coefficient (Wildman–Crippen LogP) is 3.28. The molecule has 0 aliphatic heterocycles. The van der Waals surface area contributed by atoms with Crippen LogP contribution in [0.15, 0.2) is 60.7 Å². The molecule has 0 fully saturated rings. The third kappa shape index (κ3) is 3.58.